The Balaban J connectivity index is 1.59. The van der Waals surface area contributed by atoms with E-state index in [2.05, 4.69) is 14.8 Å². The van der Waals surface area contributed by atoms with Gasteiger partial charge in [0.1, 0.15) is 17.3 Å². The molecule has 0 amide bonds. The van der Waals surface area contributed by atoms with Crippen molar-refractivity contribution in [2.24, 2.45) is 7.05 Å². The first kappa shape index (κ1) is 15.1. The minimum atomic E-state index is -3.67. The third-order valence-corrected chi connectivity index (χ3v) is 5.55. The summed E-state index contributed by atoms with van der Waals surface area (Å²) >= 11 is 0. The fraction of sp³-hybridized carbons (Fsp3) is 0.250. The van der Waals surface area contributed by atoms with E-state index in [0.717, 1.165) is 11.3 Å². The number of para-hydroxylation sites is 1. The maximum Gasteiger partial charge on any atom is 0.242 e. The number of aryl methyl sites for hydroxylation is 1. The van der Waals surface area contributed by atoms with Crippen LogP contribution in [-0.2, 0) is 23.5 Å². The van der Waals surface area contributed by atoms with E-state index in [9.17, 15) is 8.42 Å². The molecule has 0 aliphatic carbocycles. The van der Waals surface area contributed by atoms with Gasteiger partial charge in [0.05, 0.1) is 12.2 Å². The van der Waals surface area contributed by atoms with Crippen LogP contribution in [0.1, 0.15) is 5.56 Å². The van der Waals surface area contributed by atoms with Crippen LogP contribution in [0.25, 0.3) is 11.0 Å². The zero-order chi connectivity index (χ0) is 16.7. The molecule has 0 spiro atoms. The zero-order valence-electron chi connectivity index (χ0n) is 13.0. The van der Waals surface area contributed by atoms with Gasteiger partial charge in [-0.2, -0.15) is 5.10 Å². The van der Waals surface area contributed by atoms with E-state index in [1.54, 1.807) is 24.0 Å². The van der Waals surface area contributed by atoms with Gasteiger partial charge in [-0.05, 0) is 24.1 Å². The molecule has 124 valence electrons. The summed E-state index contributed by atoms with van der Waals surface area (Å²) in [6.45, 7) is 0.304. The minimum absolute atomic E-state index is 0.127. The Morgan fingerprint density at radius 2 is 2.12 bits per heavy atom. The van der Waals surface area contributed by atoms with Gasteiger partial charge in [-0.25, -0.2) is 18.1 Å². The van der Waals surface area contributed by atoms with Crippen molar-refractivity contribution in [3.8, 4) is 5.75 Å². The van der Waals surface area contributed by atoms with E-state index < -0.39 is 10.0 Å². The number of fused-ring (bicyclic) bond motifs is 2. The molecule has 7 nitrogen and oxygen atoms in total. The second-order valence-electron chi connectivity index (χ2n) is 5.79. The van der Waals surface area contributed by atoms with Crippen LogP contribution in [0.3, 0.4) is 0 Å². The lowest BCUT2D eigenvalue weighted by molar-refractivity contribution is 0.254. The Labute approximate surface area is 139 Å². The number of hydrogen-bond donors (Lipinski definition) is 1. The van der Waals surface area contributed by atoms with Crippen molar-refractivity contribution in [2.75, 3.05) is 6.61 Å². The number of rotatable bonds is 3. The van der Waals surface area contributed by atoms with Crippen LogP contribution in [0.4, 0.5) is 0 Å². The highest BCUT2D eigenvalue weighted by molar-refractivity contribution is 7.89. The summed E-state index contributed by atoms with van der Waals surface area (Å²) in [5.41, 5.74) is 1.64. The molecule has 3 heterocycles. The Hall–Kier alpha value is -2.45. The fourth-order valence-corrected chi connectivity index (χ4v) is 4.06. The minimum Gasteiger partial charge on any atom is -0.492 e. The quantitative estimate of drug-likeness (QED) is 0.773. The Kier molecular flexibility index (Phi) is 3.50. The summed E-state index contributed by atoms with van der Waals surface area (Å²) in [7, 11) is -1.91. The maximum absolute atomic E-state index is 12.6. The molecule has 4 rings (SSSR count). The van der Waals surface area contributed by atoms with Gasteiger partial charge in [0.25, 0.3) is 0 Å². The van der Waals surface area contributed by atoms with Gasteiger partial charge in [0, 0.05) is 18.6 Å². The second kappa shape index (κ2) is 5.57. The SMILES string of the molecule is Cn1ncc2cc(S(=O)(=O)NC3COc4ccccc4C3)cnc21. The topological polar surface area (TPSA) is 86.1 Å². The molecule has 0 bridgehead atoms. The third-order valence-electron chi connectivity index (χ3n) is 4.06. The normalized spacial score (nSPS) is 17.5. The van der Waals surface area contributed by atoms with Crippen molar-refractivity contribution in [3.05, 3.63) is 48.3 Å². The first-order chi connectivity index (χ1) is 11.5. The Morgan fingerprint density at radius 1 is 1.29 bits per heavy atom. The lowest BCUT2D eigenvalue weighted by atomic mass is 10.0. The fourth-order valence-electron chi connectivity index (χ4n) is 2.86. The molecular formula is C16H16N4O3S. The first-order valence-electron chi connectivity index (χ1n) is 7.54. The molecule has 1 aliphatic heterocycles. The molecule has 0 radical (unpaired) electrons. The number of benzene rings is 1. The highest BCUT2D eigenvalue weighted by Gasteiger charge is 2.25. The summed E-state index contributed by atoms with van der Waals surface area (Å²) in [6.07, 6.45) is 3.54. The molecule has 2 aromatic heterocycles. The molecule has 0 saturated carbocycles. The number of nitrogens with one attached hydrogen (secondary N) is 1. The van der Waals surface area contributed by atoms with E-state index >= 15 is 0 Å². The molecule has 1 unspecified atom stereocenters. The van der Waals surface area contributed by atoms with Crippen molar-refractivity contribution in [1.29, 1.82) is 0 Å². The average Bonchev–Trinajstić information content (AvgIpc) is 2.95. The number of pyridine rings is 1. The van der Waals surface area contributed by atoms with Gasteiger partial charge in [-0.3, -0.25) is 4.68 Å². The van der Waals surface area contributed by atoms with Gasteiger partial charge in [0.15, 0.2) is 5.65 Å². The molecule has 0 saturated heterocycles. The summed E-state index contributed by atoms with van der Waals surface area (Å²) in [5, 5.41) is 4.76. The maximum atomic E-state index is 12.6. The van der Waals surface area contributed by atoms with Crippen molar-refractivity contribution in [1.82, 2.24) is 19.5 Å². The number of nitrogens with zero attached hydrogens (tertiary/aromatic N) is 3. The van der Waals surface area contributed by atoms with Crippen molar-refractivity contribution in [2.45, 2.75) is 17.4 Å². The predicted molar refractivity (Wildman–Crippen MR) is 88.3 cm³/mol. The smallest absolute Gasteiger partial charge is 0.242 e. The molecule has 1 aliphatic rings. The van der Waals surface area contributed by atoms with Crippen molar-refractivity contribution < 1.29 is 13.2 Å². The van der Waals surface area contributed by atoms with E-state index in [1.807, 2.05) is 24.3 Å². The van der Waals surface area contributed by atoms with Crippen molar-refractivity contribution in [3.63, 3.8) is 0 Å². The monoisotopic (exact) mass is 344 g/mol. The summed E-state index contributed by atoms with van der Waals surface area (Å²) in [5.74, 6) is 0.811. The summed E-state index contributed by atoms with van der Waals surface area (Å²) in [4.78, 5) is 4.31. The first-order valence-corrected chi connectivity index (χ1v) is 9.02. The van der Waals surface area contributed by atoms with E-state index in [4.69, 9.17) is 4.74 Å². The van der Waals surface area contributed by atoms with Gasteiger partial charge in [-0.1, -0.05) is 18.2 Å². The zero-order valence-corrected chi connectivity index (χ0v) is 13.8. The van der Waals surface area contributed by atoms with Crippen LogP contribution in [0.2, 0.25) is 0 Å². The molecule has 1 N–H and O–H groups in total. The Bertz CT molecular complexity index is 1010. The van der Waals surface area contributed by atoms with E-state index in [0.29, 0.717) is 24.1 Å². The average molecular weight is 344 g/mol. The number of aromatic nitrogens is 3. The van der Waals surface area contributed by atoms with Crippen molar-refractivity contribution >= 4 is 21.1 Å². The molecular weight excluding hydrogens is 328 g/mol. The molecule has 3 aromatic rings. The largest absolute Gasteiger partial charge is 0.492 e. The Morgan fingerprint density at radius 3 is 3.00 bits per heavy atom. The molecule has 8 heteroatoms. The molecule has 0 fully saturated rings. The van der Waals surface area contributed by atoms with Gasteiger partial charge in [0.2, 0.25) is 10.0 Å². The lowest BCUT2D eigenvalue weighted by Crippen LogP contribution is -2.42. The molecule has 24 heavy (non-hydrogen) atoms. The summed E-state index contributed by atoms with van der Waals surface area (Å²) < 4.78 is 35.2. The van der Waals surface area contributed by atoms with E-state index in [-0.39, 0.29) is 10.9 Å². The third kappa shape index (κ3) is 2.63. The number of hydrogen-bond acceptors (Lipinski definition) is 5. The predicted octanol–water partition coefficient (Wildman–Crippen LogP) is 1.25. The van der Waals surface area contributed by atoms with Crippen LogP contribution in [0.15, 0.2) is 47.6 Å². The van der Waals surface area contributed by atoms with E-state index in [1.165, 1.54) is 6.20 Å². The van der Waals surface area contributed by atoms with Gasteiger partial charge in [-0.15, -0.1) is 0 Å². The highest BCUT2D eigenvalue weighted by atomic mass is 32.2. The highest BCUT2D eigenvalue weighted by Crippen LogP contribution is 2.25. The lowest BCUT2D eigenvalue weighted by Gasteiger charge is -2.25. The number of ether oxygens (including phenoxy) is 1. The van der Waals surface area contributed by atoms with Crippen LogP contribution in [0, 0.1) is 0 Å². The number of sulfonamides is 1. The van der Waals surface area contributed by atoms with Crippen LogP contribution in [-0.4, -0.2) is 35.8 Å². The van der Waals surface area contributed by atoms with Gasteiger partial charge < -0.3 is 4.74 Å². The van der Waals surface area contributed by atoms with Crippen LogP contribution in [0.5, 0.6) is 5.75 Å². The second-order valence-corrected chi connectivity index (χ2v) is 7.51. The summed E-state index contributed by atoms with van der Waals surface area (Å²) in [6, 6.07) is 8.92. The molecule has 1 aromatic carbocycles. The van der Waals surface area contributed by atoms with Crippen LogP contribution < -0.4 is 9.46 Å². The molecule has 1 atom stereocenters. The standard InChI is InChI=1S/C16H16N4O3S/c1-20-16-12(8-18-20)7-14(9-17-16)24(21,22)19-13-6-11-4-2-3-5-15(11)23-10-13/h2-5,7-9,13,19H,6,10H2,1H3. The van der Waals surface area contributed by atoms with Gasteiger partial charge >= 0.3 is 0 Å². The van der Waals surface area contributed by atoms with Crippen LogP contribution >= 0.6 is 0 Å².